The molecular weight excluding hydrogens is 292 g/mol. The fourth-order valence-corrected chi connectivity index (χ4v) is 3.08. The number of pyridine rings is 1. The highest BCUT2D eigenvalue weighted by Gasteiger charge is 2.13. The Balaban J connectivity index is 2.10. The van der Waals surface area contributed by atoms with Crippen molar-refractivity contribution in [3.63, 3.8) is 0 Å². The third-order valence-electron chi connectivity index (χ3n) is 2.97. The van der Waals surface area contributed by atoms with Gasteiger partial charge in [-0.3, -0.25) is 14.5 Å². The molecule has 0 unspecified atom stereocenters. The van der Waals surface area contributed by atoms with Crippen LogP contribution in [0.2, 0.25) is 0 Å². The van der Waals surface area contributed by atoms with Gasteiger partial charge in [0, 0.05) is 29.6 Å². The number of hydrogen-bond donors (Lipinski definition) is 1. The molecule has 0 atom stereocenters. The van der Waals surface area contributed by atoms with Gasteiger partial charge < -0.3 is 4.74 Å². The van der Waals surface area contributed by atoms with E-state index >= 15 is 0 Å². The second kappa shape index (κ2) is 6.53. The number of fused-ring (bicyclic) bond motifs is 1. The van der Waals surface area contributed by atoms with Crippen molar-refractivity contribution in [3.8, 4) is 0 Å². The summed E-state index contributed by atoms with van der Waals surface area (Å²) in [7, 11) is -2.23. The first-order chi connectivity index (χ1) is 10.0. The molecule has 0 saturated heterocycles. The molecule has 0 aliphatic rings. The normalized spacial score (nSPS) is 11.3. The molecule has 0 spiro atoms. The van der Waals surface area contributed by atoms with Crippen molar-refractivity contribution in [2.45, 2.75) is 12.8 Å². The van der Waals surface area contributed by atoms with E-state index in [9.17, 15) is 13.2 Å². The largest absolute Gasteiger partial charge is 0.469 e. The van der Waals surface area contributed by atoms with Crippen LogP contribution >= 0.6 is 0 Å². The first-order valence-electron chi connectivity index (χ1n) is 6.42. The molecule has 6 nitrogen and oxygen atoms in total. The number of methoxy groups -OCH3 is 1. The Morgan fingerprint density at radius 3 is 2.90 bits per heavy atom. The molecule has 0 saturated carbocycles. The lowest BCUT2D eigenvalue weighted by atomic mass is 10.1. The number of aromatic nitrogens is 1. The maximum absolute atomic E-state index is 12.0. The SMILES string of the molecule is COC(=O)CCCS(=O)(=O)Nc1cccc2cnccc12. The lowest BCUT2D eigenvalue weighted by molar-refractivity contribution is -0.140. The highest BCUT2D eigenvalue weighted by molar-refractivity contribution is 7.92. The molecule has 0 aliphatic heterocycles. The van der Waals surface area contributed by atoms with Crippen LogP contribution in [0.25, 0.3) is 10.8 Å². The summed E-state index contributed by atoms with van der Waals surface area (Å²) in [5, 5.41) is 1.64. The maximum atomic E-state index is 12.0. The fourth-order valence-electron chi connectivity index (χ4n) is 1.94. The van der Waals surface area contributed by atoms with Crippen LogP contribution < -0.4 is 4.72 Å². The fraction of sp³-hybridized carbons (Fsp3) is 0.286. The summed E-state index contributed by atoms with van der Waals surface area (Å²) >= 11 is 0. The van der Waals surface area contributed by atoms with Crippen LogP contribution in [0.4, 0.5) is 5.69 Å². The lowest BCUT2D eigenvalue weighted by Crippen LogP contribution is -2.17. The van der Waals surface area contributed by atoms with Gasteiger partial charge in [0.2, 0.25) is 10.0 Å². The molecule has 0 radical (unpaired) electrons. The summed E-state index contributed by atoms with van der Waals surface area (Å²) in [4.78, 5) is 15.0. The molecule has 1 heterocycles. The van der Waals surface area contributed by atoms with Gasteiger partial charge in [-0.2, -0.15) is 0 Å². The van der Waals surface area contributed by atoms with Gasteiger partial charge in [0.05, 0.1) is 18.6 Å². The number of sulfonamides is 1. The molecule has 1 N–H and O–H groups in total. The van der Waals surface area contributed by atoms with Gasteiger partial charge in [0.25, 0.3) is 0 Å². The maximum Gasteiger partial charge on any atom is 0.305 e. The number of nitrogens with one attached hydrogen (secondary N) is 1. The average molecular weight is 308 g/mol. The van der Waals surface area contributed by atoms with Crippen LogP contribution in [0, 0.1) is 0 Å². The van der Waals surface area contributed by atoms with E-state index in [0.717, 1.165) is 10.8 Å². The van der Waals surface area contributed by atoms with Crippen molar-refractivity contribution in [1.82, 2.24) is 4.98 Å². The Bertz CT molecular complexity index is 738. The first-order valence-corrected chi connectivity index (χ1v) is 8.07. The first kappa shape index (κ1) is 15.2. The van der Waals surface area contributed by atoms with E-state index in [1.54, 1.807) is 30.6 Å². The molecule has 0 fully saturated rings. The van der Waals surface area contributed by atoms with E-state index in [2.05, 4.69) is 14.4 Å². The Kier molecular flexibility index (Phi) is 4.74. The minimum atomic E-state index is -3.51. The topological polar surface area (TPSA) is 85.4 Å². The monoisotopic (exact) mass is 308 g/mol. The molecule has 1 aromatic heterocycles. The zero-order chi connectivity index (χ0) is 15.3. The van der Waals surface area contributed by atoms with E-state index in [1.807, 2.05) is 6.07 Å². The third kappa shape index (κ3) is 4.16. The van der Waals surface area contributed by atoms with Gasteiger partial charge in [0.1, 0.15) is 0 Å². The number of anilines is 1. The Morgan fingerprint density at radius 1 is 1.33 bits per heavy atom. The Labute approximate surface area is 123 Å². The Morgan fingerprint density at radius 2 is 2.14 bits per heavy atom. The lowest BCUT2D eigenvalue weighted by Gasteiger charge is -2.10. The number of benzene rings is 1. The molecule has 0 aliphatic carbocycles. The summed E-state index contributed by atoms with van der Waals surface area (Å²) in [5.74, 6) is -0.551. The van der Waals surface area contributed by atoms with Crippen LogP contribution in [-0.2, 0) is 19.6 Å². The number of ether oxygens (including phenoxy) is 1. The molecule has 2 rings (SSSR count). The van der Waals surface area contributed by atoms with Crippen molar-refractivity contribution >= 4 is 32.5 Å². The predicted molar refractivity (Wildman–Crippen MR) is 80.4 cm³/mol. The number of nitrogens with zero attached hydrogens (tertiary/aromatic N) is 1. The highest BCUT2D eigenvalue weighted by Crippen LogP contribution is 2.23. The average Bonchev–Trinajstić information content (AvgIpc) is 2.47. The molecule has 1 aromatic carbocycles. The van der Waals surface area contributed by atoms with Crippen LogP contribution in [0.15, 0.2) is 36.7 Å². The van der Waals surface area contributed by atoms with E-state index < -0.39 is 16.0 Å². The van der Waals surface area contributed by atoms with Crippen LogP contribution in [0.3, 0.4) is 0 Å². The number of carbonyl (C=O) groups excluding carboxylic acids is 1. The minimum Gasteiger partial charge on any atom is -0.469 e. The summed E-state index contributed by atoms with van der Waals surface area (Å²) in [6.07, 6.45) is 3.58. The number of carbonyl (C=O) groups is 1. The summed E-state index contributed by atoms with van der Waals surface area (Å²) < 4.78 is 31.1. The number of esters is 1. The standard InChI is InChI=1S/C14H16N2O4S/c1-20-14(17)6-3-9-21(18,19)16-13-5-2-4-11-10-15-8-7-12(11)13/h2,4-5,7-8,10,16H,3,6,9H2,1H3. The van der Waals surface area contributed by atoms with Crippen molar-refractivity contribution in [2.75, 3.05) is 17.6 Å². The van der Waals surface area contributed by atoms with Gasteiger partial charge in [-0.15, -0.1) is 0 Å². The minimum absolute atomic E-state index is 0.0802. The smallest absolute Gasteiger partial charge is 0.305 e. The molecule has 7 heteroatoms. The molecule has 0 amide bonds. The van der Waals surface area contributed by atoms with Gasteiger partial charge in [0.15, 0.2) is 0 Å². The highest BCUT2D eigenvalue weighted by atomic mass is 32.2. The quantitative estimate of drug-likeness (QED) is 0.824. The summed E-state index contributed by atoms with van der Waals surface area (Å²) in [6, 6.07) is 7.07. The third-order valence-corrected chi connectivity index (χ3v) is 4.32. The number of hydrogen-bond acceptors (Lipinski definition) is 5. The molecule has 112 valence electrons. The number of rotatable bonds is 6. The van der Waals surface area contributed by atoms with Gasteiger partial charge >= 0.3 is 5.97 Å². The van der Waals surface area contributed by atoms with E-state index in [-0.39, 0.29) is 18.6 Å². The molecule has 2 aromatic rings. The Hall–Kier alpha value is -2.15. The van der Waals surface area contributed by atoms with Crippen molar-refractivity contribution in [2.24, 2.45) is 0 Å². The molecule has 21 heavy (non-hydrogen) atoms. The van der Waals surface area contributed by atoms with Crippen molar-refractivity contribution in [3.05, 3.63) is 36.7 Å². The van der Waals surface area contributed by atoms with E-state index in [4.69, 9.17) is 0 Å². The predicted octanol–water partition coefficient (Wildman–Crippen LogP) is 1.93. The van der Waals surface area contributed by atoms with Gasteiger partial charge in [-0.25, -0.2) is 8.42 Å². The molecule has 0 bridgehead atoms. The second-order valence-electron chi connectivity index (χ2n) is 4.50. The van der Waals surface area contributed by atoms with Gasteiger partial charge in [-0.1, -0.05) is 12.1 Å². The zero-order valence-corrected chi connectivity index (χ0v) is 12.4. The van der Waals surface area contributed by atoms with Crippen LogP contribution in [0.1, 0.15) is 12.8 Å². The van der Waals surface area contributed by atoms with Crippen molar-refractivity contribution in [1.29, 1.82) is 0 Å². The second-order valence-corrected chi connectivity index (χ2v) is 6.34. The summed E-state index contributed by atoms with van der Waals surface area (Å²) in [6.45, 7) is 0. The van der Waals surface area contributed by atoms with Crippen LogP contribution in [-0.4, -0.2) is 32.2 Å². The zero-order valence-electron chi connectivity index (χ0n) is 11.6. The van der Waals surface area contributed by atoms with E-state index in [1.165, 1.54) is 7.11 Å². The van der Waals surface area contributed by atoms with Gasteiger partial charge in [-0.05, 0) is 18.6 Å². The van der Waals surface area contributed by atoms with Crippen LogP contribution in [0.5, 0.6) is 0 Å². The van der Waals surface area contributed by atoms with Crippen molar-refractivity contribution < 1.29 is 17.9 Å². The van der Waals surface area contributed by atoms with E-state index in [0.29, 0.717) is 5.69 Å². The molecular formula is C14H16N2O4S. The summed E-state index contributed by atoms with van der Waals surface area (Å²) in [5.41, 5.74) is 0.507.